The molecule has 3 aromatic rings. The predicted octanol–water partition coefficient (Wildman–Crippen LogP) is 4.85. The van der Waals surface area contributed by atoms with E-state index in [-0.39, 0.29) is 23.9 Å². The van der Waals surface area contributed by atoms with Crippen LogP contribution in [0.3, 0.4) is 0 Å². The molecule has 4 rings (SSSR count). The predicted molar refractivity (Wildman–Crippen MR) is 130 cm³/mol. The lowest BCUT2D eigenvalue weighted by molar-refractivity contribution is -0.118. The van der Waals surface area contributed by atoms with Gasteiger partial charge in [-0.3, -0.25) is 4.79 Å². The summed E-state index contributed by atoms with van der Waals surface area (Å²) in [5.74, 6) is -0.227. The molecule has 7 heteroatoms. The Morgan fingerprint density at radius 2 is 1.75 bits per heavy atom. The molecule has 0 aromatic heterocycles. The minimum atomic E-state index is -3.86. The van der Waals surface area contributed by atoms with Gasteiger partial charge in [-0.25, -0.2) is 8.42 Å². The summed E-state index contributed by atoms with van der Waals surface area (Å²) in [6, 6.07) is 20.3. The van der Waals surface area contributed by atoms with E-state index in [9.17, 15) is 13.2 Å². The minimum Gasteiger partial charge on any atom is -0.311 e. The summed E-state index contributed by atoms with van der Waals surface area (Å²) in [7, 11) is -3.86. The molecule has 1 heterocycles. The molecule has 0 atom stereocenters. The van der Waals surface area contributed by atoms with Gasteiger partial charge in [-0.1, -0.05) is 63.5 Å². The Balaban J connectivity index is 1.65. The molecule has 32 heavy (non-hydrogen) atoms. The van der Waals surface area contributed by atoms with Crippen LogP contribution < -0.4 is 4.90 Å². The summed E-state index contributed by atoms with van der Waals surface area (Å²) in [6.07, 6.45) is 0.753. The van der Waals surface area contributed by atoms with Crippen molar-refractivity contribution in [2.45, 2.75) is 31.7 Å². The zero-order valence-corrected chi connectivity index (χ0v) is 20.5. The molecule has 0 fully saturated rings. The Morgan fingerprint density at radius 1 is 1.00 bits per heavy atom. The van der Waals surface area contributed by atoms with E-state index < -0.39 is 10.0 Å². The fraction of sp³-hybridized carbons (Fsp3) is 0.240. The minimum absolute atomic E-state index is 0.130. The lowest BCUT2D eigenvalue weighted by atomic mass is 10.1. The van der Waals surface area contributed by atoms with Gasteiger partial charge in [0.1, 0.15) is 0 Å². The van der Waals surface area contributed by atoms with Gasteiger partial charge >= 0.3 is 0 Å². The number of carbonyl (C=O) groups is 1. The molecular weight excluding hydrogens is 488 g/mol. The van der Waals surface area contributed by atoms with Crippen LogP contribution in [0.5, 0.6) is 0 Å². The molecule has 1 aliphatic rings. The quantitative estimate of drug-likeness (QED) is 0.474. The van der Waals surface area contributed by atoms with Gasteiger partial charge in [0.05, 0.1) is 11.4 Å². The zero-order chi connectivity index (χ0) is 22.9. The number of benzene rings is 3. The van der Waals surface area contributed by atoms with Gasteiger partial charge in [-0.2, -0.15) is 4.31 Å². The SMILES string of the molecule is Cc1ccc(S(=O)(=O)N(CC(=O)N2CCc3cc(Br)ccc32)Cc2cccc(C)c2)cc1. The van der Waals surface area contributed by atoms with Crippen molar-refractivity contribution in [1.29, 1.82) is 0 Å². The van der Waals surface area contributed by atoms with Gasteiger partial charge in [0.2, 0.25) is 15.9 Å². The fourth-order valence-corrected chi connectivity index (χ4v) is 5.75. The number of rotatable bonds is 6. The fourth-order valence-electron chi connectivity index (χ4n) is 3.96. The van der Waals surface area contributed by atoms with Crippen LogP contribution in [0.2, 0.25) is 0 Å². The maximum Gasteiger partial charge on any atom is 0.243 e. The molecular formula is C25H25BrN2O3S. The molecule has 0 saturated carbocycles. The highest BCUT2D eigenvalue weighted by atomic mass is 79.9. The number of sulfonamides is 1. The number of anilines is 1. The van der Waals surface area contributed by atoms with Crippen molar-refractivity contribution in [1.82, 2.24) is 4.31 Å². The lowest BCUT2D eigenvalue weighted by Crippen LogP contribution is -2.42. The molecule has 5 nitrogen and oxygen atoms in total. The van der Waals surface area contributed by atoms with Crippen LogP contribution in [0.15, 0.2) is 76.1 Å². The average Bonchev–Trinajstić information content (AvgIpc) is 3.16. The summed E-state index contributed by atoms with van der Waals surface area (Å²) < 4.78 is 29.3. The van der Waals surface area contributed by atoms with Crippen LogP contribution in [-0.2, 0) is 27.8 Å². The summed E-state index contributed by atoms with van der Waals surface area (Å²) in [6.45, 7) is 4.33. The molecule has 0 N–H and O–H groups in total. The normalized spacial score (nSPS) is 13.4. The van der Waals surface area contributed by atoms with Crippen molar-refractivity contribution in [2.75, 3.05) is 18.0 Å². The third-order valence-corrected chi connectivity index (χ3v) is 7.95. The summed E-state index contributed by atoms with van der Waals surface area (Å²) in [5, 5.41) is 0. The first-order valence-corrected chi connectivity index (χ1v) is 12.7. The Hall–Kier alpha value is -2.48. The van der Waals surface area contributed by atoms with Gasteiger partial charge in [0.15, 0.2) is 0 Å². The molecule has 166 valence electrons. The number of fused-ring (bicyclic) bond motifs is 1. The first kappa shape index (κ1) is 22.7. The number of nitrogens with zero attached hydrogens (tertiary/aromatic N) is 2. The highest BCUT2D eigenvalue weighted by Crippen LogP contribution is 2.31. The van der Waals surface area contributed by atoms with Crippen molar-refractivity contribution in [2.24, 2.45) is 0 Å². The average molecular weight is 513 g/mol. The second-order valence-corrected chi connectivity index (χ2v) is 11.0. The molecule has 3 aromatic carbocycles. The number of hydrogen-bond donors (Lipinski definition) is 0. The van der Waals surface area contributed by atoms with E-state index in [0.29, 0.717) is 6.54 Å². The summed E-state index contributed by atoms with van der Waals surface area (Å²) in [4.78, 5) is 15.2. The maximum absolute atomic E-state index is 13.5. The molecule has 0 aliphatic carbocycles. The third kappa shape index (κ3) is 4.80. The van der Waals surface area contributed by atoms with E-state index in [4.69, 9.17) is 0 Å². The molecule has 0 radical (unpaired) electrons. The molecule has 0 spiro atoms. The van der Waals surface area contributed by atoms with E-state index in [1.165, 1.54) is 4.31 Å². The number of halogens is 1. The molecule has 0 bridgehead atoms. The summed E-state index contributed by atoms with van der Waals surface area (Å²) >= 11 is 3.47. The highest BCUT2D eigenvalue weighted by Gasteiger charge is 2.31. The zero-order valence-electron chi connectivity index (χ0n) is 18.1. The largest absolute Gasteiger partial charge is 0.311 e. The molecule has 0 unspecified atom stereocenters. The topological polar surface area (TPSA) is 57.7 Å². The van der Waals surface area contributed by atoms with Gasteiger partial charge in [-0.05, 0) is 61.7 Å². The number of hydrogen-bond acceptors (Lipinski definition) is 3. The van der Waals surface area contributed by atoms with Crippen LogP contribution in [0.25, 0.3) is 0 Å². The monoisotopic (exact) mass is 512 g/mol. The number of carbonyl (C=O) groups excluding carboxylic acids is 1. The van der Waals surface area contributed by atoms with Crippen LogP contribution >= 0.6 is 15.9 Å². The number of aryl methyl sites for hydroxylation is 2. The second kappa shape index (κ2) is 9.17. The van der Waals surface area contributed by atoms with E-state index in [0.717, 1.165) is 38.8 Å². The first-order chi connectivity index (χ1) is 15.2. The smallest absolute Gasteiger partial charge is 0.243 e. The lowest BCUT2D eigenvalue weighted by Gasteiger charge is -2.25. The van der Waals surface area contributed by atoms with Crippen LogP contribution in [0.4, 0.5) is 5.69 Å². The van der Waals surface area contributed by atoms with Crippen LogP contribution in [-0.4, -0.2) is 31.7 Å². The van der Waals surface area contributed by atoms with E-state index >= 15 is 0 Å². The first-order valence-electron chi connectivity index (χ1n) is 10.5. The van der Waals surface area contributed by atoms with Crippen LogP contribution in [0, 0.1) is 13.8 Å². The highest BCUT2D eigenvalue weighted by molar-refractivity contribution is 9.10. The molecule has 1 amide bonds. The Kier molecular flexibility index (Phi) is 6.51. The van der Waals surface area contributed by atoms with Gasteiger partial charge < -0.3 is 4.90 Å². The Labute approximate surface area is 197 Å². The molecule has 1 aliphatic heterocycles. The van der Waals surface area contributed by atoms with Crippen molar-refractivity contribution in [3.63, 3.8) is 0 Å². The van der Waals surface area contributed by atoms with E-state index in [1.54, 1.807) is 29.2 Å². The standard InChI is InChI=1S/C25H25BrN2O3S/c1-18-6-9-23(10-7-18)32(30,31)27(16-20-5-3-4-19(2)14-20)17-25(29)28-13-12-21-15-22(26)8-11-24(21)28/h3-11,14-15H,12-13,16-17H2,1-2H3. The summed E-state index contributed by atoms with van der Waals surface area (Å²) in [5.41, 5.74) is 4.80. The van der Waals surface area contributed by atoms with Gasteiger partial charge in [-0.15, -0.1) is 0 Å². The number of amides is 1. The van der Waals surface area contributed by atoms with Crippen molar-refractivity contribution >= 4 is 37.5 Å². The van der Waals surface area contributed by atoms with Crippen molar-refractivity contribution < 1.29 is 13.2 Å². The van der Waals surface area contributed by atoms with Crippen molar-refractivity contribution in [3.05, 3.63) is 93.5 Å². The van der Waals surface area contributed by atoms with Crippen LogP contribution in [0.1, 0.15) is 22.3 Å². The second-order valence-electron chi connectivity index (χ2n) is 8.14. The Morgan fingerprint density at radius 3 is 2.47 bits per heavy atom. The van der Waals surface area contributed by atoms with E-state index in [2.05, 4.69) is 15.9 Å². The van der Waals surface area contributed by atoms with Gasteiger partial charge in [0, 0.05) is 23.2 Å². The molecule has 0 saturated heterocycles. The van der Waals surface area contributed by atoms with E-state index in [1.807, 2.05) is 56.3 Å². The van der Waals surface area contributed by atoms with Gasteiger partial charge in [0.25, 0.3) is 0 Å². The maximum atomic E-state index is 13.5. The third-order valence-electron chi connectivity index (χ3n) is 5.65. The van der Waals surface area contributed by atoms with Crippen molar-refractivity contribution in [3.8, 4) is 0 Å². The Bertz CT molecular complexity index is 1260.